The van der Waals surface area contributed by atoms with Crippen molar-refractivity contribution in [3.63, 3.8) is 0 Å². The summed E-state index contributed by atoms with van der Waals surface area (Å²) in [5, 5.41) is 4.40. The Morgan fingerprint density at radius 1 is 1.08 bits per heavy atom. The van der Waals surface area contributed by atoms with Crippen molar-refractivity contribution >= 4 is 29.2 Å². The smallest absolute Gasteiger partial charge is 0.296 e. The first kappa shape index (κ1) is 18.2. The van der Waals surface area contributed by atoms with Gasteiger partial charge in [-0.3, -0.25) is 19.1 Å². The van der Waals surface area contributed by atoms with Gasteiger partial charge < -0.3 is 14.4 Å². The second-order valence-electron chi connectivity index (χ2n) is 6.27. The third-order valence-corrected chi connectivity index (χ3v) is 4.70. The zero-order valence-electron chi connectivity index (χ0n) is 14.7. The molecule has 26 heavy (non-hydrogen) atoms. The predicted molar refractivity (Wildman–Crippen MR) is 95.1 cm³/mol. The fourth-order valence-electron chi connectivity index (χ4n) is 3.03. The van der Waals surface area contributed by atoms with Crippen LogP contribution in [0.5, 0.6) is 0 Å². The quantitative estimate of drug-likeness (QED) is 0.589. The molecule has 8 nitrogen and oxygen atoms in total. The van der Waals surface area contributed by atoms with Crippen LogP contribution in [-0.2, 0) is 18.9 Å². The van der Waals surface area contributed by atoms with Crippen molar-refractivity contribution in [2.45, 2.75) is 6.42 Å². The zero-order chi connectivity index (χ0) is 18.8. The molecule has 3 rings (SSSR count). The number of Topliss-reactive ketones (excluding diaryl/α,β-unsaturated/α-hetero) is 1. The Labute approximate surface area is 155 Å². The van der Waals surface area contributed by atoms with Gasteiger partial charge in [-0.15, -0.1) is 0 Å². The molecule has 0 unspecified atom stereocenters. The van der Waals surface area contributed by atoms with E-state index >= 15 is 0 Å². The SMILES string of the molecule is Cn1cc(Cl)c(C(=O)N2CCCN(C(=O)C(=O)c3cccn3C)CC2)n1. The minimum absolute atomic E-state index is 0.203. The Bertz CT molecular complexity index is 856. The summed E-state index contributed by atoms with van der Waals surface area (Å²) in [5.74, 6) is -1.35. The predicted octanol–water partition coefficient (Wildman–Crippen LogP) is 0.969. The van der Waals surface area contributed by atoms with Crippen LogP contribution < -0.4 is 0 Å². The van der Waals surface area contributed by atoms with Crippen molar-refractivity contribution in [2.75, 3.05) is 26.2 Å². The molecular weight excluding hydrogens is 358 g/mol. The van der Waals surface area contributed by atoms with Gasteiger partial charge in [0.05, 0.1) is 10.7 Å². The van der Waals surface area contributed by atoms with Crippen LogP contribution in [0.1, 0.15) is 27.4 Å². The number of aromatic nitrogens is 3. The molecule has 2 aromatic rings. The molecule has 0 bridgehead atoms. The highest BCUT2D eigenvalue weighted by atomic mass is 35.5. The highest BCUT2D eigenvalue weighted by Gasteiger charge is 2.29. The minimum atomic E-state index is -0.544. The van der Waals surface area contributed by atoms with Gasteiger partial charge in [-0.05, 0) is 18.6 Å². The lowest BCUT2D eigenvalue weighted by Crippen LogP contribution is -2.40. The minimum Gasteiger partial charge on any atom is -0.348 e. The molecule has 0 saturated carbocycles. The number of ketones is 1. The summed E-state index contributed by atoms with van der Waals surface area (Å²) < 4.78 is 3.11. The molecule has 0 aromatic carbocycles. The van der Waals surface area contributed by atoms with E-state index in [4.69, 9.17) is 11.6 Å². The van der Waals surface area contributed by atoms with Crippen LogP contribution >= 0.6 is 11.6 Å². The van der Waals surface area contributed by atoms with Crippen LogP contribution in [0.4, 0.5) is 0 Å². The average Bonchev–Trinajstić information content (AvgIpc) is 3.08. The van der Waals surface area contributed by atoms with E-state index in [0.717, 1.165) is 0 Å². The lowest BCUT2D eigenvalue weighted by Gasteiger charge is -2.21. The second kappa shape index (κ2) is 7.33. The molecule has 138 valence electrons. The summed E-state index contributed by atoms with van der Waals surface area (Å²) in [5.41, 5.74) is 0.557. The van der Waals surface area contributed by atoms with Crippen LogP contribution in [-0.4, -0.2) is 67.9 Å². The van der Waals surface area contributed by atoms with Gasteiger partial charge >= 0.3 is 0 Å². The number of amides is 2. The molecule has 1 aliphatic heterocycles. The first-order valence-electron chi connectivity index (χ1n) is 8.32. The van der Waals surface area contributed by atoms with Crippen molar-refractivity contribution in [3.8, 4) is 0 Å². The standard InChI is InChI=1S/C17H20ClN5O3/c1-20-6-3-5-13(20)15(24)17(26)23-8-4-7-22(9-10-23)16(25)14-12(18)11-21(2)19-14/h3,5-6,11H,4,7-10H2,1-2H3. The largest absolute Gasteiger partial charge is 0.348 e. The van der Waals surface area contributed by atoms with Crippen LogP contribution in [0.2, 0.25) is 5.02 Å². The molecular formula is C17H20ClN5O3. The van der Waals surface area contributed by atoms with Gasteiger partial charge in [0.25, 0.3) is 17.6 Å². The first-order chi connectivity index (χ1) is 12.4. The van der Waals surface area contributed by atoms with E-state index in [1.54, 1.807) is 48.1 Å². The van der Waals surface area contributed by atoms with Crippen molar-refractivity contribution in [2.24, 2.45) is 14.1 Å². The molecule has 0 spiro atoms. The fourth-order valence-corrected chi connectivity index (χ4v) is 3.29. The molecule has 2 amide bonds. The van der Waals surface area contributed by atoms with Crippen LogP contribution in [0.15, 0.2) is 24.5 Å². The van der Waals surface area contributed by atoms with Gasteiger partial charge in [-0.1, -0.05) is 11.6 Å². The molecule has 0 radical (unpaired) electrons. The summed E-state index contributed by atoms with van der Waals surface area (Å²) in [7, 11) is 3.42. The Hall–Kier alpha value is -2.61. The second-order valence-corrected chi connectivity index (χ2v) is 6.68. The van der Waals surface area contributed by atoms with Crippen molar-refractivity contribution in [1.82, 2.24) is 24.1 Å². The van der Waals surface area contributed by atoms with E-state index < -0.39 is 11.7 Å². The Balaban J connectivity index is 1.67. The first-order valence-corrected chi connectivity index (χ1v) is 8.69. The third-order valence-electron chi connectivity index (χ3n) is 4.43. The van der Waals surface area contributed by atoms with Gasteiger partial charge in [0.2, 0.25) is 0 Å². The van der Waals surface area contributed by atoms with Gasteiger partial charge in [0.15, 0.2) is 5.69 Å². The van der Waals surface area contributed by atoms with Gasteiger partial charge in [0.1, 0.15) is 0 Å². The van der Waals surface area contributed by atoms with E-state index in [1.165, 1.54) is 9.58 Å². The Morgan fingerprint density at radius 3 is 2.38 bits per heavy atom. The molecule has 0 aliphatic carbocycles. The summed E-state index contributed by atoms with van der Waals surface area (Å²) in [6.07, 6.45) is 3.88. The van der Waals surface area contributed by atoms with Crippen LogP contribution in [0.3, 0.4) is 0 Å². The normalized spacial score (nSPS) is 15.0. The molecule has 3 heterocycles. The Kier molecular flexibility index (Phi) is 5.13. The van der Waals surface area contributed by atoms with Crippen LogP contribution in [0, 0.1) is 0 Å². The lowest BCUT2D eigenvalue weighted by molar-refractivity contribution is -0.126. The van der Waals surface area contributed by atoms with Crippen molar-refractivity contribution < 1.29 is 14.4 Å². The number of hydrogen-bond donors (Lipinski definition) is 0. The maximum Gasteiger partial charge on any atom is 0.296 e. The molecule has 9 heteroatoms. The fraction of sp³-hybridized carbons (Fsp3) is 0.412. The van der Waals surface area contributed by atoms with E-state index in [9.17, 15) is 14.4 Å². The van der Waals surface area contributed by atoms with Crippen molar-refractivity contribution in [3.05, 3.63) is 40.9 Å². The maximum atomic E-state index is 12.6. The van der Waals surface area contributed by atoms with Crippen LogP contribution in [0.25, 0.3) is 0 Å². The lowest BCUT2D eigenvalue weighted by atomic mass is 10.2. The Morgan fingerprint density at radius 2 is 1.77 bits per heavy atom. The molecule has 0 atom stereocenters. The van der Waals surface area contributed by atoms with Gasteiger partial charge in [-0.2, -0.15) is 5.10 Å². The van der Waals surface area contributed by atoms with Crippen molar-refractivity contribution in [1.29, 1.82) is 0 Å². The third kappa shape index (κ3) is 3.50. The monoisotopic (exact) mass is 377 g/mol. The summed E-state index contributed by atoms with van der Waals surface area (Å²) in [4.78, 5) is 40.7. The van der Waals surface area contributed by atoms with E-state index in [0.29, 0.717) is 43.3 Å². The number of aryl methyl sites for hydroxylation is 2. The number of hydrogen-bond acceptors (Lipinski definition) is 4. The van der Waals surface area contributed by atoms with E-state index in [2.05, 4.69) is 5.10 Å². The zero-order valence-corrected chi connectivity index (χ0v) is 15.4. The summed E-state index contributed by atoms with van der Waals surface area (Å²) in [6, 6.07) is 3.34. The molecule has 2 aromatic heterocycles. The molecule has 1 fully saturated rings. The van der Waals surface area contributed by atoms with Gasteiger partial charge in [-0.25, -0.2) is 0 Å². The number of carbonyl (C=O) groups is 3. The molecule has 1 saturated heterocycles. The van der Waals surface area contributed by atoms with Gasteiger partial charge in [0, 0.05) is 52.7 Å². The topological polar surface area (TPSA) is 80.4 Å². The summed E-state index contributed by atoms with van der Waals surface area (Å²) >= 11 is 6.05. The number of nitrogens with zero attached hydrogens (tertiary/aromatic N) is 5. The molecule has 0 N–H and O–H groups in total. The van der Waals surface area contributed by atoms with E-state index in [-0.39, 0.29) is 11.6 Å². The number of rotatable bonds is 3. The molecule has 1 aliphatic rings. The highest BCUT2D eigenvalue weighted by molar-refractivity contribution is 6.42. The highest BCUT2D eigenvalue weighted by Crippen LogP contribution is 2.17. The number of halogens is 1. The average molecular weight is 378 g/mol. The maximum absolute atomic E-state index is 12.6. The number of carbonyl (C=O) groups excluding carboxylic acids is 3. The van der Waals surface area contributed by atoms with E-state index in [1.807, 2.05) is 0 Å². The summed E-state index contributed by atoms with van der Waals surface area (Å²) in [6.45, 7) is 1.53.